The van der Waals surface area contributed by atoms with Crippen molar-refractivity contribution >= 4 is 22.2 Å². The number of aromatic nitrogens is 2. The Morgan fingerprint density at radius 3 is 2.95 bits per heavy atom. The van der Waals surface area contributed by atoms with Crippen LogP contribution in [0.2, 0.25) is 0 Å². The van der Waals surface area contributed by atoms with Gasteiger partial charge in [0.15, 0.2) is 4.96 Å². The van der Waals surface area contributed by atoms with Gasteiger partial charge in [-0.15, -0.1) is 0 Å². The maximum Gasteiger partial charge on any atom is 0.254 e. The molecule has 4 rings (SSSR count). The molecule has 1 aromatic carbocycles. The first kappa shape index (κ1) is 11.7. The zero-order valence-corrected chi connectivity index (χ0v) is 11.6. The predicted octanol–water partition coefficient (Wildman–Crippen LogP) is 2.59. The molecule has 20 heavy (non-hydrogen) atoms. The molecule has 1 aliphatic heterocycles. The summed E-state index contributed by atoms with van der Waals surface area (Å²) in [5.41, 5.74) is 2.07. The largest absolute Gasteiger partial charge is 0.333 e. The molecule has 0 radical (unpaired) electrons. The van der Waals surface area contributed by atoms with Crippen molar-refractivity contribution in [2.45, 2.75) is 13.0 Å². The Morgan fingerprint density at radius 1 is 1.25 bits per heavy atom. The van der Waals surface area contributed by atoms with Crippen LogP contribution in [0.1, 0.15) is 20.9 Å². The molecular formula is C15H13N3OS. The highest BCUT2D eigenvalue weighted by Crippen LogP contribution is 2.28. The van der Waals surface area contributed by atoms with Gasteiger partial charge in [0.2, 0.25) is 0 Å². The van der Waals surface area contributed by atoms with Gasteiger partial charge in [0.05, 0.1) is 6.54 Å². The van der Waals surface area contributed by atoms with Crippen molar-refractivity contribution in [1.82, 2.24) is 14.3 Å². The van der Waals surface area contributed by atoms with E-state index in [-0.39, 0.29) is 5.91 Å². The molecule has 0 atom stereocenters. The molecule has 0 spiro atoms. The van der Waals surface area contributed by atoms with Crippen LogP contribution in [-0.4, -0.2) is 26.7 Å². The van der Waals surface area contributed by atoms with Crippen molar-refractivity contribution in [2.75, 3.05) is 6.54 Å². The normalized spacial score (nSPS) is 14.5. The minimum Gasteiger partial charge on any atom is -0.333 e. The minimum atomic E-state index is 0.113. The molecule has 0 fully saturated rings. The van der Waals surface area contributed by atoms with E-state index in [2.05, 4.69) is 9.38 Å². The molecule has 1 amide bonds. The molecule has 4 nitrogen and oxygen atoms in total. The second-order valence-electron chi connectivity index (χ2n) is 4.89. The number of fused-ring (bicyclic) bond motifs is 3. The van der Waals surface area contributed by atoms with Crippen LogP contribution in [0.5, 0.6) is 0 Å². The highest BCUT2D eigenvalue weighted by Gasteiger charge is 2.25. The molecule has 5 heteroatoms. The third-order valence-corrected chi connectivity index (χ3v) is 4.79. The van der Waals surface area contributed by atoms with Crippen LogP contribution < -0.4 is 0 Å². The summed E-state index contributed by atoms with van der Waals surface area (Å²) >= 11 is 1.68. The number of amides is 1. The summed E-state index contributed by atoms with van der Waals surface area (Å²) in [6.07, 6.45) is 4.72. The first-order valence-electron chi connectivity index (χ1n) is 6.61. The summed E-state index contributed by atoms with van der Waals surface area (Å²) in [7, 11) is 0. The molecule has 2 aromatic heterocycles. The molecule has 1 aliphatic rings. The lowest BCUT2D eigenvalue weighted by molar-refractivity contribution is 0.0736. The average molecular weight is 283 g/mol. The molecule has 0 saturated carbocycles. The number of carbonyl (C=O) groups excluding carboxylic acids is 1. The standard InChI is InChI=1S/C15H13N3OS/c19-14(11-4-2-1-3-5-11)17-8-6-12-13(10-17)20-15-16-7-9-18(12)15/h1-5,7,9H,6,8,10H2. The lowest BCUT2D eigenvalue weighted by Gasteiger charge is -2.26. The molecule has 0 aliphatic carbocycles. The number of rotatable bonds is 1. The Morgan fingerprint density at radius 2 is 2.10 bits per heavy atom. The quantitative estimate of drug-likeness (QED) is 0.688. The number of benzene rings is 1. The molecular weight excluding hydrogens is 270 g/mol. The fourth-order valence-corrected chi connectivity index (χ4v) is 3.83. The maximum absolute atomic E-state index is 12.5. The van der Waals surface area contributed by atoms with Gasteiger partial charge in [-0.25, -0.2) is 4.98 Å². The van der Waals surface area contributed by atoms with Gasteiger partial charge in [-0.05, 0) is 12.1 Å². The van der Waals surface area contributed by atoms with Gasteiger partial charge in [0.1, 0.15) is 0 Å². The summed E-state index contributed by atoms with van der Waals surface area (Å²) in [6.45, 7) is 1.46. The van der Waals surface area contributed by atoms with Gasteiger partial charge in [-0.1, -0.05) is 29.5 Å². The summed E-state index contributed by atoms with van der Waals surface area (Å²) in [4.78, 5) is 21.0. The number of thiazole rings is 1. The first-order valence-corrected chi connectivity index (χ1v) is 7.42. The lowest BCUT2D eigenvalue weighted by Crippen LogP contribution is -2.35. The molecule has 0 N–H and O–H groups in total. The van der Waals surface area contributed by atoms with E-state index in [1.807, 2.05) is 47.6 Å². The molecule has 3 aromatic rings. The fourth-order valence-electron chi connectivity index (χ4n) is 2.69. The third kappa shape index (κ3) is 1.74. The Kier molecular flexibility index (Phi) is 2.60. The van der Waals surface area contributed by atoms with Gasteiger partial charge >= 0.3 is 0 Å². The Labute approximate surface area is 120 Å². The Bertz CT molecular complexity index is 775. The van der Waals surface area contributed by atoms with Crippen LogP contribution >= 0.6 is 11.3 Å². The van der Waals surface area contributed by atoms with Crippen LogP contribution in [0.4, 0.5) is 0 Å². The van der Waals surface area contributed by atoms with E-state index < -0.39 is 0 Å². The highest BCUT2D eigenvalue weighted by atomic mass is 32.1. The van der Waals surface area contributed by atoms with Crippen molar-refractivity contribution in [1.29, 1.82) is 0 Å². The van der Waals surface area contributed by atoms with Crippen molar-refractivity contribution in [2.24, 2.45) is 0 Å². The Hall–Kier alpha value is -2.14. The second-order valence-corrected chi connectivity index (χ2v) is 5.96. The van der Waals surface area contributed by atoms with E-state index in [1.165, 1.54) is 10.6 Å². The van der Waals surface area contributed by atoms with Crippen molar-refractivity contribution < 1.29 is 4.79 Å². The molecule has 0 unspecified atom stereocenters. The SMILES string of the molecule is O=C(c1ccccc1)N1CCc2c(sc3nccn23)C1. The topological polar surface area (TPSA) is 37.6 Å². The molecule has 0 bridgehead atoms. The van der Waals surface area contributed by atoms with Crippen LogP contribution in [0.15, 0.2) is 42.7 Å². The maximum atomic E-state index is 12.5. The predicted molar refractivity (Wildman–Crippen MR) is 78.0 cm³/mol. The van der Waals surface area contributed by atoms with E-state index in [0.29, 0.717) is 6.54 Å². The van der Waals surface area contributed by atoms with Crippen molar-refractivity contribution in [3.63, 3.8) is 0 Å². The van der Waals surface area contributed by atoms with Crippen LogP contribution in [0.25, 0.3) is 4.96 Å². The monoisotopic (exact) mass is 283 g/mol. The summed E-state index contributed by atoms with van der Waals surface area (Å²) in [6, 6.07) is 9.49. The number of nitrogens with zero attached hydrogens (tertiary/aromatic N) is 3. The summed E-state index contributed by atoms with van der Waals surface area (Å²) in [5.74, 6) is 0.113. The number of hydrogen-bond acceptors (Lipinski definition) is 3. The van der Waals surface area contributed by atoms with Crippen molar-refractivity contribution in [3.8, 4) is 0 Å². The fraction of sp³-hybridized carbons (Fsp3) is 0.200. The van der Waals surface area contributed by atoms with E-state index in [0.717, 1.165) is 23.5 Å². The Balaban J connectivity index is 1.65. The summed E-state index contributed by atoms with van der Waals surface area (Å²) in [5, 5.41) is 0. The highest BCUT2D eigenvalue weighted by molar-refractivity contribution is 7.17. The first-order chi connectivity index (χ1) is 9.83. The van der Waals surface area contributed by atoms with Gasteiger partial charge in [-0.3, -0.25) is 9.20 Å². The number of carbonyl (C=O) groups is 1. The molecule has 3 heterocycles. The zero-order chi connectivity index (χ0) is 13.5. The van der Waals surface area contributed by atoms with Crippen molar-refractivity contribution in [3.05, 3.63) is 58.9 Å². The van der Waals surface area contributed by atoms with Gasteiger partial charge in [-0.2, -0.15) is 0 Å². The van der Waals surface area contributed by atoms with Crippen LogP contribution in [0.3, 0.4) is 0 Å². The number of hydrogen-bond donors (Lipinski definition) is 0. The zero-order valence-electron chi connectivity index (χ0n) is 10.8. The average Bonchev–Trinajstić information content (AvgIpc) is 3.07. The summed E-state index contributed by atoms with van der Waals surface area (Å²) < 4.78 is 2.14. The molecule has 0 saturated heterocycles. The third-order valence-electron chi connectivity index (χ3n) is 3.69. The second kappa shape index (κ2) is 4.45. The van der Waals surface area contributed by atoms with E-state index >= 15 is 0 Å². The van der Waals surface area contributed by atoms with Crippen LogP contribution in [0, 0.1) is 0 Å². The lowest BCUT2D eigenvalue weighted by atomic mass is 10.1. The van der Waals surface area contributed by atoms with Gasteiger partial charge in [0.25, 0.3) is 5.91 Å². The molecule has 100 valence electrons. The van der Waals surface area contributed by atoms with Crippen LogP contribution in [-0.2, 0) is 13.0 Å². The van der Waals surface area contributed by atoms with E-state index in [9.17, 15) is 4.79 Å². The minimum absolute atomic E-state index is 0.113. The smallest absolute Gasteiger partial charge is 0.254 e. The number of imidazole rings is 1. The van der Waals surface area contributed by atoms with Gasteiger partial charge in [0, 0.05) is 41.5 Å². The van der Waals surface area contributed by atoms with E-state index in [1.54, 1.807) is 11.3 Å². The van der Waals surface area contributed by atoms with E-state index in [4.69, 9.17) is 0 Å². The van der Waals surface area contributed by atoms with Gasteiger partial charge < -0.3 is 4.90 Å².